The molecule has 1 amide bonds. The molecular weight excluding hydrogens is 316 g/mol. The van der Waals surface area contributed by atoms with Gasteiger partial charge in [0, 0.05) is 12.1 Å². The van der Waals surface area contributed by atoms with E-state index in [1.165, 1.54) is 6.07 Å². The molecule has 0 radical (unpaired) electrons. The van der Waals surface area contributed by atoms with Gasteiger partial charge in [0.2, 0.25) is 12.1 Å². The molecule has 0 spiro atoms. The van der Waals surface area contributed by atoms with E-state index in [2.05, 4.69) is 10.3 Å². The lowest BCUT2D eigenvalue weighted by Crippen LogP contribution is -2.41. The monoisotopic (exact) mass is 333 g/mol. The van der Waals surface area contributed by atoms with Crippen molar-refractivity contribution in [2.45, 2.75) is 38.2 Å². The molecule has 0 aromatic carbocycles. The second-order valence-corrected chi connectivity index (χ2v) is 5.48. The molecule has 0 aliphatic carbocycles. The first kappa shape index (κ1) is 17.4. The number of hydrogen-bond donors (Lipinski definition) is 3. The number of anilines is 1. The molecule has 3 N–H and O–H groups in total. The smallest absolute Gasteiger partial charge is 0.351 e. The highest BCUT2D eigenvalue weighted by atomic mass is 19.3. The molecule has 1 saturated heterocycles. The number of carbonyl (C=O) groups is 1. The second kappa shape index (κ2) is 6.30. The summed E-state index contributed by atoms with van der Waals surface area (Å²) in [5, 5.41) is 20.7. The molecule has 0 saturated carbocycles. The van der Waals surface area contributed by atoms with E-state index in [9.17, 15) is 23.5 Å². The average molecular weight is 333 g/mol. The third kappa shape index (κ3) is 3.23. The Hall–Kier alpha value is -1.91. The van der Waals surface area contributed by atoms with Crippen LogP contribution < -0.4 is 11.0 Å². The van der Waals surface area contributed by atoms with Crippen LogP contribution in [0, 0.1) is 5.92 Å². The Bertz CT molecular complexity index is 649. The summed E-state index contributed by atoms with van der Waals surface area (Å²) in [6.07, 6.45) is -4.87. The maximum absolute atomic E-state index is 14.0. The fourth-order valence-corrected chi connectivity index (χ4v) is 2.05. The van der Waals surface area contributed by atoms with E-state index in [-0.39, 0.29) is 17.6 Å². The molecule has 1 aliphatic heterocycles. The van der Waals surface area contributed by atoms with Crippen LogP contribution in [0.2, 0.25) is 0 Å². The molecule has 1 unspecified atom stereocenters. The lowest BCUT2D eigenvalue weighted by atomic mass is 10.1. The van der Waals surface area contributed by atoms with Gasteiger partial charge in [-0.25, -0.2) is 4.79 Å². The van der Waals surface area contributed by atoms with Gasteiger partial charge < -0.3 is 20.3 Å². The predicted molar refractivity (Wildman–Crippen MR) is 73.9 cm³/mol. The van der Waals surface area contributed by atoms with Gasteiger partial charge in [0.15, 0.2) is 6.10 Å². The van der Waals surface area contributed by atoms with Crippen molar-refractivity contribution in [3.8, 4) is 0 Å². The van der Waals surface area contributed by atoms with E-state index in [0.29, 0.717) is 4.57 Å². The van der Waals surface area contributed by atoms with Crippen LogP contribution in [-0.2, 0) is 9.53 Å². The summed E-state index contributed by atoms with van der Waals surface area (Å²) in [4.78, 5) is 26.9. The van der Waals surface area contributed by atoms with Crippen LogP contribution in [0.3, 0.4) is 0 Å². The van der Waals surface area contributed by atoms with Gasteiger partial charge in [-0.2, -0.15) is 13.8 Å². The first-order valence-corrected chi connectivity index (χ1v) is 6.90. The van der Waals surface area contributed by atoms with Crippen LogP contribution in [0.25, 0.3) is 0 Å². The third-order valence-electron chi connectivity index (χ3n) is 3.42. The predicted octanol–water partition coefficient (Wildman–Crippen LogP) is -0.276. The van der Waals surface area contributed by atoms with Crippen LogP contribution in [0.15, 0.2) is 17.1 Å². The molecule has 2 rings (SSSR count). The molecule has 1 aromatic heterocycles. The number of alkyl halides is 2. The van der Waals surface area contributed by atoms with Crippen LogP contribution in [0.4, 0.5) is 14.6 Å². The van der Waals surface area contributed by atoms with Crippen molar-refractivity contribution in [1.29, 1.82) is 0 Å². The summed E-state index contributed by atoms with van der Waals surface area (Å²) in [7, 11) is 0. The number of ether oxygens (including phenoxy) is 1. The highest BCUT2D eigenvalue weighted by Gasteiger charge is 2.59. The molecule has 128 valence electrons. The standard InChI is InChI=1S/C13H17F2N3O5/c1-6(2)10(21)16-8-3-4-18(12(22)17-8)11-13(14,15)9(20)7(5-19)23-11/h3-4,6-7,9,11,19-20H,5H2,1-2H3,(H,16,17,21,22)/t7-,9?,11-/m1/s1. The number of nitrogens with one attached hydrogen (secondary N) is 1. The highest BCUT2D eigenvalue weighted by Crippen LogP contribution is 2.41. The zero-order valence-corrected chi connectivity index (χ0v) is 12.4. The number of amides is 1. The van der Waals surface area contributed by atoms with Crippen LogP contribution in [0.5, 0.6) is 0 Å². The van der Waals surface area contributed by atoms with Gasteiger partial charge >= 0.3 is 11.6 Å². The zero-order chi connectivity index (χ0) is 17.4. The molecule has 8 nitrogen and oxygen atoms in total. The molecule has 1 aliphatic rings. The van der Waals surface area contributed by atoms with Crippen LogP contribution in [-0.4, -0.2) is 50.4 Å². The van der Waals surface area contributed by atoms with Gasteiger partial charge in [-0.3, -0.25) is 9.36 Å². The molecule has 3 atom stereocenters. The first-order chi connectivity index (χ1) is 10.7. The Morgan fingerprint density at radius 3 is 2.70 bits per heavy atom. The minimum atomic E-state index is -3.78. The normalized spacial score (nSPS) is 26.5. The number of halogens is 2. The van der Waals surface area contributed by atoms with E-state index in [1.54, 1.807) is 13.8 Å². The van der Waals surface area contributed by atoms with Crippen molar-refractivity contribution in [1.82, 2.24) is 9.55 Å². The van der Waals surface area contributed by atoms with Crippen molar-refractivity contribution in [2.75, 3.05) is 11.9 Å². The topological polar surface area (TPSA) is 114 Å². The number of nitrogens with zero attached hydrogens (tertiary/aromatic N) is 2. The lowest BCUT2D eigenvalue weighted by molar-refractivity contribution is -0.141. The molecular formula is C13H17F2N3O5. The van der Waals surface area contributed by atoms with Crippen molar-refractivity contribution in [3.63, 3.8) is 0 Å². The van der Waals surface area contributed by atoms with E-state index in [4.69, 9.17) is 9.84 Å². The highest BCUT2D eigenvalue weighted by molar-refractivity contribution is 5.91. The largest absolute Gasteiger partial charge is 0.394 e. The summed E-state index contributed by atoms with van der Waals surface area (Å²) in [5.74, 6) is -4.58. The maximum Gasteiger partial charge on any atom is 0.351 e. The van der Waals surface area contributed by atoms with Crippen molar-refractivity contribution >= 4 is 11.7 Å². The molecule has 1 fully saturated rings. The molecule has 23 heavy (non-hydrogen) atoms. The quantitative estimate of drug-likeness (QED) is 0.699. The summed E-state index contributed by atoms with van der Waals surface area (Å²) >= 11 is 0. The van der Waals surface area contributed by atoms with Crippen LogP contribution in [0.1, 0.15) is 20.1 Å². The van der Waals surface area contributed by atoms with E-state index in [1.807, 2.05) is 0 Å². The van der Waals surface area contributed by atoms with Gasteiger partial charge in [-0.15, -0.1) is 0 Å². The fourth-order valence-electron chi connectivity index (χ4n) is 2.05. The zero-order valence-electron chi connectivity index (χ0n) is 12.4. The number of aliphatic hydroxyl groups is 2. The lowest BCUT2D eigenvalue weighted by Gasteiger charge is -2.21. The van der Waals surface area contributed by atoms with E-state index >= 15 is 0 Å². The Morgan fingerprint density at radius 1 is 1.57 bits per heavy atom. The Kier molecular flexibility index (Phi) is 4.78. The number of rotatable bonds is 4. The number of carbonyl (C=O) groups excluding carboxylic acids is 1. The van der Waals surface area contributed by atoms with E-state index in [0.717, 1.165) is 6.20 Å². The van der Waals surface area contributed by atoms with Crippen LogP contribution >= 0.6 is 0 Å². The van der Waals surface area contributed by atoms with Gasteiger partial charge in [-0.1, -0.05) is 13.8 Å². The summed E-state index contributed by atoms with van der Waals surface area (Å²) in [5.41, 5.74) is -1.08. The average Bonchev–Trinajstić information content (AvgIpc) is 2.70. The molecule has 2 heterocycles. The maximum atomic E-state index is 14.0. The van der Waals surface area contributed by atoms with Crippen molar-refractivity contribution < 1.29 is 28.5 Å². The van der Waals surface area contributed by atoms with Gasteiger partial charge in [0.25, 0.3) is 0 Å². The summed E-state index contributed by atoms with van der Waals surface area (Å²) < 4.78 is 33.3. The van der Waals surface area contributed by atoms with Crippen molar-refractivity contribution in [3.05, 3.63) is 22.7 Å². The van der Waals surface area contributed by atoms with E-state index < -0.39 is 36.7 Å². The summed E-state index contributed by atoms with van der Waals surface area (Å²) in [6.45, 7) is 2.46. The molecule has 10 heteroatoms. The molecule has 0 bridgehead atoms. The third-order valence-corrected chi connectivity index (χ3v) is 3.42. The number of aliphatic hydroxyl groups excluding tert-OH is 2. The minimum absolute atomic E-state index is 0.0782. The Morgan fingerprint density at radius 2 is 2.22 bits per heavy atom. The van der Waals surface area contributed by atoms with Gasteiger partial charge in [0.05, 0.1) is 6.61 Å². The first-order valence-electron chi connectivity index (χ1n) is 6.90. The Labute approximate surface area is 129 Å². The van der Waals surface area contributed by atoms with Gasteiger partial charge in [0.1, 0.15) is 11.9 Å². The number of hydrogen-bond acceptors (Lipinski definition) is 6. The van der Waals surface area contributed by atoms with Crippen molar-refractivity contribution in [2.24, 2.45) is 5.92 Å². The SMILES string of the molecule is CC(C)C(=O)Nc1ccn([C@@H]2O[C@H](CO)C(O)C2(F)F)c(=O)n1. The van der Waals surface area contributed by atoms with Gasteiger partial charge in [-0.05, 0) is 6.07 Å². The minimum Gasteiger partial charge on any atom is -0.394 e. The second-order valence-electron chi connectivity index (χ2n) is 5.48. The number of aromatic nitrogens is 2. The molecule has 1 aromatic rings. The Balaban J connectivity index is 2.28. The fraction of sp³-hybridized carbons (Fsp3) is 0.615. The summed E-state index contributed by atoms with van der Waals surface area (Å²) in [6, 6.07) is 1.17.